The van der Waals surface area contributed by atoms with Crippen molar-refractivity contribution in [2.75, 3.05) is 46.0 Å². The molecule has 9 nitrogen and oxygen atoms in total. The number of pyridine rings is 1. The van der Waals surface area contributed by atoms with Gasteiger partial charge in [-0.25, -0.2) is 0 Å². The fourth-order valence-electron chi connectivity index (χ4n) is 3.83. The monoisotopic (exact) mass is 420 g/mol. The molecule has 0 unspecified atom stereocenters. The Hall–Kier alpha value is -2.07. The van der Waals surface area contributed by atoms with Crippen LogP contribution < -0.4 is 10.6 Å². The van der Waals surface area contributed by atoms with Crippen molar-refractivity contribution in [3.8, 4) is 0 Å². The number of carbonyl (C=O) groups excluding carboxylic acids is 2. The minimum Gasteiger partial charge on any atom is -0.394 e. The first kappa shape index (κ1) is 22.6. The van der Waals surface area contributed by atoms with Crippen LogP contribution in [0.3, 0.4) is 0 Å². The molecule has 3 heterocycles. The zero-order chi connectivity index (χ0) is 21.2. The number of carbonyl (C=O) groups is 2. The fraction of sp³-hybridized carbons (Fsp3) is 0.667. The topological polar surface area (TPSA) is 113 Å². The maximum atomic E-state index is 12.3. The van der Waals surface area contributed by atoms with E-state index in [2.05, 4.69) is 20.5 Å². The number of aromatic nitrogens is 1. The summed E-state index contributed by atoms with van der Waals surface area (Å²) in [5, 5.41) is 15.6. The molecule has 3 N–H and O–H groups in total. The molecule has 0 bridgehead atoms. The van der Waals surface area contributed by atoms with Crippen molar-refractivity contribution in [1.82, 2.24) is 20.5 Å². The van der Waals surface area contributed by atoms with Crippen LogP contribution in [-0.2, 0) is 25.5 Å². The fourth-order valence-corrected chi connectivity index (χ4v) is 3.83. The first-order chi connectivity index (χ1) is 14.6. The van der Waals surface area contributed by atoms with Gasteiger partial charge in [-0.3, -0.25) is 19.5 Å². The molecule has 30 heavy (non-hydrogen) atoms. The Morgan fingerprint density at radius 3 is 2.77 bits per heavy atom. The molecule has 2 aliphatic rings. The summed E-state index contributed by atoms with van der Waals surface area (Å²) in [4.78, 5) is 30.6. The highest BCUT2D eigenvalue weighted by Gasteiger charge is 2.32. The van der Waals surface area contributed by atoms with Crippen LogP contribution in [0.5, 0.6) is 0 Å². The summed E-state index contributed by atoms with van der Waals surface area (Å²) < 4.78 is 11.3. The van der Waals surface area contributed by atoms with Crippen molar-refractivity contribution in [2.24, 2.45) is 0 Å². The SMILES string of the molecule is O=C(Cc1ccccn1)NCC[C@@H]1CC[C@@H](NC(=O)CN2CCOCC2)[C@H](CO)O1. The van der Waals surface area contributed by atoms with E-state index in [1.165, 1.54) is 0 Å². The van der Waals surface area contributed by atoms with Crippen LogP contribution in [0, 0.1) is 0 Å². The van der Waals surface area contributed by atoms with Crippen LogP contribution >= 0.6 is 0 Å². The molecule has 3 rings (SSSR count). The predicted molar refractivity (Wildman–Crippen MR) is 110 cm³/mol. The van der Waals surface area contributed by atoms with Gasteiger partial charge >= 0.3 is 0 Å². The van der Waals surface area contributed by atoms with Crippen molar-refractivity contribution in [2.45, 2.75) is 43.9 Å². The molecule has 0 spiro atoms. The Balaban J connectivity index is 1.35. The summed E-state index contributed by atoms with van der Waals surface area (Å²) in [5.41, 5.74) is 0.736. The lowest BCUT2D eigenvalue weighted by molar-refractivity contribution is -0.130. The highest BCUT2D eigenvalue weighted by molar-refractivity contribution is 5.78. The number of ether oxygens (including phenoxy) is 2. The Morgan fingerprint density at radius 1 is 1.20 bits per heavy atom. The minimum atomic E-state index is -0.429. The van der Waals surface area contributed by atoms with Crippen molar-refractivity contribution < 1.29 is 24.2 Å². The Labute approximate surface area is 177 Å². The van der Waals surface area contributed by atoms with E-state index in [1.54, 1.807) is 6.20 Å². The average Bonchev–Trinajstić information content (AvgIpc) is 2.76. The molecule has 0 saturated carbocycles. The Kier molecular flexibility index (Phi) is 9.00. The van der Waals surface area contributed by atoms with Crippen molar-refractivity contribution in [3.05, 3.63) is 30.1 Å². The first-order valence-electron chi connectivity index (χ1n) is 10.7. The quantitative estimate of drug-likeness (QED) is 0.493. The second-order valence-electron chi connectivity index (χ2n) is 7.76. The number of hydrogen-bond donors (Lipinski definition) is 3. The molecular weight excluding hydrogens is 388 g/mol. The summed E-state index contributed by atoms with van der Waals surface area (Å²) >= 11 is 0. The second kappa shape index (κ2) is 11.9. The summed E-state index contributed by atoms with van der Waals surface area (Å²) in [7, 11) is 0. The molecule has 2 fully saturated rings. The second-order valence-corrected chi connectivity index (χ2v) is 7.76. The highest BCUT2D eigenvalue weighted by atomic mass is 16.5. The van der Waals surface area contributed by atoms with Gasteiger partial charge in [0.1, 0.15) is 6.10 Å². The van der Waals surface area contributed by atoms with Crippen molar-refractivity contribution in [3.63, 3.8) is 0 Å². The molecule has 0 radical (unpaired) electrons. The number of amides is 2. The van der Waals surface area contributed by atoms with Gasteiger partial charge in [-0.15, -0.1) is 0 Å². The van der Waals surface area contributed by atoms with Gasteiger partial charge in [0.25, 0.3) is 0 Å². The van der Waals surface area contributed by atoms with Gasteiger partial charge in [-0.2, -0.15) is 0 Å². The van der Waals surface area contributed by atoms with Gasteiger partial charge < -0.3 is 25.2 Å². The van der Waals surface area contributed by atoms with Crippen molar-refractivity contribution >= 4 is 11.8 Å². The normalized spacial score (nSPS) is 24.9. The van der Waals surface area contributed by atoms with Gasteiger partial charge in [0, 0.05) is 31.5 Å². The smallest absolute Gasteiger partial charge is 0.234 e. The number of nitrogens with zero attached hydrogens (tertiary/aromatic N) is 2. The van der Waals surface area contributed by atoms with E-state index in [4.69, 9.17) is 9.47 Å². The van der Waals surface area contributed by atoms with Crippen LogP contribution in [0.2, 0.25) is 0 Å². The number of aliphatic hydroxyl groups excluding tert-OH is 1. The van der Waals surface area contributed by atoms with Crippen molar-refractivity contribution in [1.29, 1.82) is 0 Å². The lowest BCUT2D eigenvalue weighted by atomic mass is 9.97. The summed E-state index contributed by atoms with van der Waals surface area (Å²) in [6, 6.07) is 5.30. The Morgan fingerprint density at radius 2 is 2.03 bits per heavy atom. The molecule has 1 aromatic heterocycles. The number of nitrogens with one attached hydrogen (secondary N) is 2. The summed E-state index contributed by atoms with van der Waals surface area (Å²) in [5.74, 6) is -0.124. The molecule has 3 atom stereocenters. The van der Waals surface area contributed by atoms with E-state index >= 15 is 0 Å². The van der Waals surface area contributed by atoms with E-state index < -0.39 is 6.10 Å². The molecule has 2 amide bonds. The number of morpholine rings is 1. The van der Waals surface area contributed by atoms with Gasteiger partial charge in [0.15, 0.2) is 0 Å². The zero-order valence-corrected chi connectivity index (χ0v) is 17.3. The lowest BCUT2D eigenvalue weighted by Crippen LogP contribution is -2.53. The van der Waals surface area contributed by atoms with E-state index in [9.17, 15) is 14.7 Å². The third-order valence-corrected chi connectivity index (χ3v) is 5.47. The van der Waals surface area contributed by atoms with Gasteiger partial charge in [-0.1, -0.05) is 6.07 Å². The largest absolute Gasteiger partial charge is 0.394 e. The number of aliphatic hydroxyl groups is 1. The Bertz CT molecular complexity index is 669. The molecule has 1 aromatic rings. The van der Waals surface area contributed by atoms with Crippen LogP contribution in [0.1, 0.15) is 25.0 Å². The standard InChI is InChI=1S/C21H32N4O5/c26-15-19-18(24-21(28)14-25-9-11-29-12-10-25)5-4-17(30-19)6-8-23-20(27)13-16-3-1-2-7-22-16/h1-3,7,17-19,26H,4-6,8-15H2,(H,23,27)(H,24,28)/t17-,18+,19-/m0/s1. The molecule has 9 heteroatoms. The van der Waals surface area contributed by atoms with Crippen LogP contribution in [0.15, 0.2) is 24.4 Å². The maximum absolute atomic E-state index is 12.3. The van der Waals surface area contributed by atoms with Crippen LogP contribution in [0.4, 0.5) is 0 Å². The van der Waals surface area contributed by atoms with Gasteiger partial charge in [0.2, 0.25) is 11.8 Å². The van der Waals surface area contributed by atoms with E-state index in [1.807, 2.05) is 18.2 Å². The van der Waals surface area contributed by atoms with Crippen LogP contribution in [0.25, 0.3) is 0 Å². The number of hydrogen-bond acceptors (Lipinski definition) is 7. The molecule has 166 valence electrons. The number of rotatable bonds is 9. The van der Waals surface area contributed by atoms with Gasteiger partial charge in [0.05, 0.1) is 44.9 Å². The maximum Gasteiger partial charge on any atom is 0.234 e. The molecule has 2 aliphatic heterocycles. The molecule has 0 aromatic carbocycles. The van der Waals surface area contributed by atoms with E-state index in [0.717, 1.165) is 31.6 Å². The third kappa shape index (κ3) is 7.32. The molecular formula is C21H32N4O5. The molecule has 0 aliphatic carbocycles. The lowest BCUT2D eigenvalue weighted by Gasteiger charge is -2.36. The summed E-state index contributed by atoms with van der Waals surface area (Å²) in [6.07, 6.45) is 3.62. The minimum absolute atomic E-state index is 0.0512. The predicted octanol–water partition coefficient (Wildman–Crippen LogP) is -0.513. The van der Waals surface area contributed by atoms with E-state index in [-0.39, 0.29) is 37.0 Å². The third-order valence-electron chi connectivity index (χ3n) is 5.47. The average molecular weight is 421 g/mol. The molecule has 2 saturated heterocycles. The highest BCUT2D eigenvalue weighted by Crippen LogP contribution is 2.21. The zero-order valence-electron chi connectivity index (χ0n) is 17.3. The van der Waals surface area contributed by atoms with E-state index in [0.29, 0.717) is 32.7 Å². The summed E-state index contributed by atoms with van der Waals surface area (Å²) in [6.45, 7) is 3.51. The first-order valence-corrected chi connectivity index (χ1v) is 10.7. The van der Waals surface area contributed by atoms with Gasteiger partial charge in [-0.05, 0) is 31.4 Å². The van der Waals surface area contributed by atoms with Crippen LogP contribution in [-0.4, -0.2) is 91.1 Å².